The van der Waals surface area contributed by atoms with Crippen LogP contribution >= 0.6 is 22.9 Å². The molecule has 1 aromatic carbocycles. The third-order valence-corrected chi connectivity index (χ3v) is 10.1. The first-order valence-electron chi connectivity index (χ1n) is 15.4. The summed E-state index contributed by atoms with van der Waals surface area (Å²) in [6.07, 6.45) is -2.93. The van der Waals surface area contributed by atoms with Crippen LogP contribution in [0, 0.1) is 13.8 Å². The minimum atomic E-state index is -4.63. The molecule has 1 fully saturated rings. The molecule has 0 saturated carbocycles. The number of piperidine rings is 1. The highest BCUT2D eigenvalue weighted by Gasteiger charge is 2.37. The van der Waals surface area contributed by atoms with Gasteiger partial charge in [0, 0.05) is 51.9 Å². The smallest absolute Gasteiger partial charge is 0.491 e. The van der Waals surface area contributed by atoms with E-state index in [0.29, 0.717) is 77.7 Å². The number of halogens is 4. The summed E-state index contributed by atoms with van der Waals surface area (Å²) >= 11 is 7.81. The molecule has 1 saturated heterocycles. The second kappa shape index (κ2) is 13.5. The van der Waals surface area contributed by atoms with Gasteiger partial charge in [-0.3, -0.25) is 24.0 Å². The summed E-state index contributed by atoms with van der Waals surface area (Å²) in [5, 5.41) is 2.24. The van der Waals surface area contributed by atoms with Crippen LogP contribution in [0.4, 0.5) is 13.2 Å². The number of hydrogen-bond acceptors (Lipinski definition) is 9. The number of aryl methyl sites for hydroxylation is 3. The van der Waals surface area contributed by atoms with E-state index in [1.165, 1.54) is 18.4 Å². The molecule has 1 aliphatic carbocycles. The molecule has 14 heteroatoms. The minimum absolute atomic E-state index is 0.0606. The molecule has 0 radical (unpaired) electrons. The van der Waals surface area contributed by atoms with E-state index in [0.717, 1.165) is 27.9 Å². The summed E-state index contributed by atoms with van der Waals surface area (Å²) in [6.45, 7) is 5.07. The van der Waals surface area contributed by atoms with Crippen LogP contribution in [-0.4, -0.2) is 70.7 Å². The van der Waals surface area contributed by atoms with Gasteiger partial charge in [-0.1, -0.05) is 11.6 Å². The second-order valence-corrected chi connectivity index (χ2v) is 13.2. The Morgan fingerprint density at radius 2 is 1.87 bits per heavy atom. The van der Waals surface area contributed by atoms with Crippen LogP contribution in [0.5, 0.6) is 5.75 Å². The van der Waals surface area contributed by atoms with Crippen LogP contribution in [0.3, 0.4) is 0 Å². The van der Waals surface area contributed by atoms with Crippen LogP contribution in [0.1, 0.15) is 52.4 Å². The van der Waals surface area contributed by atoms with Crippen molar-refractivity contribution in [1.82, 2.24) is 19.4 Å². The summed E-state index contributed by atoms with van der Waals surface area (Å²) in [5.74, 6) is 0.690. The molecule has 1 atom stereocenters. The predicted molar refractivity (Wildman–Crippen MR) is 172 cm³/mol. The molecular weight excluding hydrogens is 657 g/mol. The molecule has 1 aliphatic heterocycles. The van der Waals surface area contributed by atoms with Gasteiger partial charge < -0.3 is 9.47 Å². The molecule has 0 spiro atoms. The number of fused-ring (bicyclic) bond motifs is 2. The quantitative estimate of drug-likeness (QED) is 0.193. The number of methoxy groups -OCH3 is 1. The van der Waals surface area contributed by atoms with Crippen LogP contribution in [0.15, 0.2) is 34.4 Å². The van der Waals surface area contributed by atoms with Gasteiger partial charge in [0.2, 0.25) is 0 Å². The molecule has 9 nitrogen and oxygen atoms in total. The van der Waals surface area contributed by atoms with Crippen molar-refractivity contribution in [1.29, 1.82) is 0 Å². The highest BCUT2D eigenvalue weighted by molar-refractivity contribution is 7.18. The maximum absolute atomic E-state index is 13.8. The van der Waals surface area contributed by atoms with Crippen LogP contribution < -0.4 is 10.3 Å². The number of ether oxygens (including phenoxy) is 3. The molecule has 1 unspecified atom stereocenters. The van der Waals surface area contributed by atoms with E-state index < -0.39 is 18.4 Å². The zero-order valence-electron chi connectivity index (χ0n) is 26.2. The molecule has 250 valence electrons. The van der Waals surface area contributed by atoms with Gasteiger partial charge in [0.15, 0.2) is 0 Å². The number of rotatable bonds is 8. The topological polar surface area (TPSA) is 95.8 Å². The van der Waals surface area contributed by atoms with Gasteiger partial charge in [-0.05, 0) is 70.2 Å². The van der Waals surface area contributed by atoms with Crippen molar-refractivity contribution in [3.8, 4) is 16.9 Å². The van der Waals surface area contributed by atoms with E-state index in [4.69, 9.17) is 26.1 Å². The maximum Gasteiger partial charge on any atom is 0.522 e. The predicted octanol–water partition coefficient (Wildman–Crippen LogP) is 6.51. The largest absolute Gasteiger partial charge is 0.522 e. The van der Waals surface area contributed by atoms with Crippen LogP contribution in [0.2, 0.25) is 5.02 Å². The van der Waals surface area contributed by atoms with Crippen molar-refractivity contribution in [2.45, 2.75) is 71.0 Å². The number of esters is 1. The fraction of sp³-hybridized carbons (Fsp3) is 0.455. The van der Waals surface area contributed by atoms with E-state index in [2.05, 4.69) is 14.6 Å². The van der Waals surface area contributed by atoms with Gasteiger partial charge in [-0.25, -0.2) is 9.78 Å². The van der Waals surface area contributed by atoms with Gasteiger partial charge >= 0.3 is 12.3 Å². The SMILES string of the molecule is COC(=O)c1csc2c(-c3cc(Cl)ccc3OCCn3c(C)nc4c(c3=O)CC(N3CCC(OC(F)(F)F)CC3)CC4)cc(C)nc12. The number of pyridine rings is 1. The average Bonchev–Trinajstić information content (AvgIpc) is 3.45. The highest BCUT2D eigenvalue weighted by Crippen LogP contribution is 2.40. The van der Waals surface area contributed by atoms with Gasteiger partial charge in [0.25, 0.3) is 5.56 Å². The Morgan fingerprint density at radius 3 is 2.60 bits per heavy atom. The Morgan fingerprint density at radius 1 is 1.11 bits per heavy atom. The van der Waals surface area contributed by atoms with E-state index in [9.17, 15) is 22.8 Å². The summed E-state index contributed by atoms with van der Waals surface area (Å²) < 4.78 is 55.9. The number of benzene rings is 1. The number of likely N-dealkylation sites (tertiary alicyclic amines) is 1. The second-order valence-electron chi connectivity index (χ2n) is 11.9. The van der Waals surface area contributed by atoms with Crippen molar-refractivity contribution in [2.75, 3.05) is 26.8 Å². The van der Waals surface area contributed by atoms with Gasteiger partial charge in [0.05, 0.1) is 41.2 Å². The number of carbonyl (C=O) groups is 1. The summed E-state index contributed by atoms with van der Waals surface area (Å²) in [4.78, 5) is 37.6. The molecule has 6 rings (SSSR count). The highest BCUT2D eigenvalue weighted by atomic mass is 35.5. The Labute approximate surface area is 278 Å². The molecule has 0 amide bonds. The van der Waals surface area contributed by atoms with E-state index in [1.807, 2.05) is 13.0 Å². The van der Waals surface area contributed by atoms with Crippen molar-refractivity contribution < 1.29 is 32.2 Å². The number of carbonyl (C=O) groups excluding carboxylic acids is 1. The lowest BCUT2D eigenvalue weighted by Crippen LogP contribution is -2.48. The number of hydrogen-bond donors (Lipinski definition) is 0. The molecule has 0 bridgehead atoms. The third kappa shape index (κ3) is 7.18. The Bertz CT molecular complexity index is 1870. The molecule has 47 heavy (non-hydrogen) atoms. The zero-order valence-corrected chi connectivity index (χ0v) is 27.7. The number of thiophene rings is 1. The molecule has 4 heterocycles. The Kier molecular flexibility index (Phi) is 9.62. The van der Waals surface area contributed by atoms with Gasteiger partial charge in [0.1, 0.15) is 18.2 Å². The lowest BCUT2D eigenvalue weighted by atomic mass is 9.90. The summed E-state index contributed by atoms with van der Waals surface area (Å²) in [5.41, 5.74) is 4.51. The van der Waals surface area contributed by atoms with Crippen molar-refractivity contribution >= 4 is 39.1 Å². The standard InChI is InChI=1S/C33H34ClF3N4O5S/c1-18-14-24(30-29(38-18)26(17-47-30)32(43)44-3)23-15-20(34)4-7-28(23)45-13-12-41-19(2)39-27-6-5-21(16-25(27)31(41)42)40-10-8-22(9-11-40)46-33(35,36)37/h4,7,14-15,17,21-22H,5-6,8-13,16H2,1-3H3. The maximum atomic E-state index is 13.8. The Balaban J connectivity index is 1.19. The van der Waals surface area contributed by atoms with E-state index in [1.54, 1.807) is 35.1 Å². The van der Waals surface area contributed by atoms with E-state index >= 15 is 0 Å². The fourth-order valence-corrected chi connectivity index (χ4v) is 7.79. The average molecular weight is 691 g/mol. The lowest BCUT2D eigenvalue weighted by Gasteiger charge is -2.39. The third-order valence-electron chi connectivity index (χ3n) is 8.85. The first kappa shape index (κ1) is 33.4. The number of aromatic nitrogens is 3. The zero-order chi connectivity index (χ0) is 33.5. The normalized spacial score (nSPS) is 17.6. The van der Waals surface area contributed by atoms with E-state index in [-0.39, 0.29) is 24.8 Å². The molecule has 2 aliphatic rings. The van der Waals surface area contributed by atoms with Gasteiger partial charge in [-0.2, -0.15) is 0 Å². The number of alkyl halides is 3. The summed E-state index contributed by atoms with van der Waals surface area (Å²) in [7, 11) is 1.33. The molecular formula is C33H34ClF3N4O5S. The minimum Gasteiger partial charge on any atom is -0.491 e. The first-order valence-corrected chi connectivity index (χ1v) is 16.6. The molecule has 0 N–H and O–H groups in total. The summed E-state index contributed by atoms with van der Waals surface area (Å²) in [6, 6.07) is 7.30. The van der Waals surface area contributed by atoms with Crippen molar-refractivity contribution in [2.24, 2.45) is 0 Å². The van der Waals surface area contributed by atoms with Crippen molar-refractivity contribution in [3.63, 3.8) is 0 Å². The monoisotopic (exact) mass is 690 g/mol. The molecule has 3 aromatic heterocycles. The van der Waals surface area contributed by atoms with Crippen LogP contribution in [-0.2, 0) is 28.9 Å². The molecule has 4 aromatic rings. The fourth-order valence-electron chi connectivity index (χ4n) is 6.61. The first-order chi connectivity index (χ1) is 22.4. The number of nitrogens with zero attached hydrogens (tertiary/aromatic N) is 4. The Hall–Kier alpha value is -3.52. The van der Waals surface area contributed by atoms with Gasteiger partial charge in [-0.15, -0.1) is 24.5 Å². The van der Waals surface area contributed by atoms with Crippen molar-refractivity contribution in [3.05, 3.63) is 73.4 Å². The van der Waals surface area contributed by atoms with Crippen LogP contribution in [0.25, 0.3) is 21.3 Å². The lowest BCUT2D eigenvalue weighted by molar-refractivity contribution is -0.346.